The molecule has 1 aliphatic rings. The van der Waals surface area contributed by atoms with Gasteiger partial charge in [0.25, 0.3) is 0 Å². The van der Waals surface area contributed by atoms with Crippen LogP contribution in [0.3, 0.4) is 0 Å². The summed E-state index contributed by atoms with van der Waals surface area (Å²) in [6.07, 6.45) is 8.53. The van der Waals surface area contributed by atoms with Crippen molar-refractivity contribution in [2.45, 2.75) is 32.6 Å². The zero-order valence-corrected chi connectivity index (χ0v) is 7.49. The van der Waals surface area contributed by atoms with Crippen LogP contribution >= 0.6 is 0 Å². The number of allylic oxidation sites excluding steroid dienone is 2. The minimum absolute atomic E-state index is 0.179. The largest absolute Gasteiger partial charge is 0.481 e. The molecular weight excluding hydrogens is 152 g/mol. The number of rotatable bonds is 3. The predicted molar refractivity (Wildman–Crippen MR) is 47.9 cm³/mol. The molecule has 0 saturated heterocycles. The molecule has 2 nitrogen and oxygen atoms in total. The van der Waals surface area contributed by atoms with E-state index in [9.17, 15) is 4.79 Å². The van der Waals surface area contributed by atoms with E-state index in [2.05, 4.69) is 12.2 Å². The smallest absolute Gasteiger partial charge is 0.306 e. The lowest BCUT2D eigenvalue weighted by atomic mass is 9.86. The highest BCUT2D eigenvalue weighted by Crippen LogP contribution is 2.24. The molecule has 2 atom stereocenters. The summed E-state index contributed by atoms with van der Waals surface area (Å²) < 4.78 is 0. The van der Waals surface area contributed by atoms with E-state index in [-0.39, 0.29) is 5.92 Å². The maximum Gasteiger partial charge on any atom is 0.306 e. The number of aliphatic carboxylic acids is 1. The minimum Gasteiger partial charge on any atom is -0.481 e. The van der Waals surface area contributed by atoms with E-state index in [0.29, 0.717) is 5.92 Å². The molecule has 12 heavy (non-hydrogen) atoms. The Morgan fingerprint density at radius 1 is 1.67 bits per heavy atom. The van der Waals surface area contributed by atoms with Gasteiger partial charge in [-0.25, -0.2) is 0 Å². The summed E-state index contributed by atoms with van der Waals surface area (Å²) in [6.45, 7) is 1.79. The van der Waals surface area contributed by atoms with E-state index in [1.807, 2.05) is 0 Å². The quantitative estimate of drug-likeness (QED) is 0.657. The van der Waals surface area contributed by atoms with E-state index in [0.717, 1.165) is 25.7 Å². The average molecular weight is 168 g/mol. The van der Waals surface area contributed by atoms with Crippen molar-refractivity contribution in [3.05, 3.63) is 12.2 Å². The number of hydrogen-bond acceptors (Lipinski definition) is 1. The Bertz CT molecular complexity index is 184. The van der Waals surface area contributed by atoms with Gasteiger partial charge in [-0.2, -0.15) is 0 Å². The summed E-state index contributed by atoms with van der Waals surface area (Å²) in [5.41, 5.74) is 0. The molecule has 0 radical (unpaired) electrons. The van der Waals surface area contributed by atoms with Gasteiger partial charge in [-0.1, -0.05) is 19.1 Å². The second-order valence-corrected chi connectivity index (χ2v) is 3.63. The third-order valence-corrected chi connectivity index (χ3v) is 2.49. The molecule has 1 N–H and O–H groups in total. The second kappa shape index (κ2) is 4.29. The van der Waals surface area contributed by atoms with Gasteiger partial charge in [-0.3, -0.25) is 4.79 Å². The van der Waals surface area contributed by atoms with Gasteiger partial charge in [0.15, 0.2) is 0 Å². The standard InChI is InChI=1S/C10H16O2/c1-8(10(11)12)7-9-5-3-2-4-6-9/h2-3,8-9H,4-7H2,1H3,(H,11,12). The highest BCUT2D eigenvalue weighted by atomic mass is 16.4. The van der Waals surface area contributed by atoms with Gasteiger partial charge in [-0.05, 0) is 31.6 Å². The molecule has 0 fully saturated rings. The first-order chi connectivity index (χ1) is 5.70. The van der Waals surface area contributed by atoms with Gasteiger partial charge < -0.3 is 5.11 Å². The Morgan fingerprint density at radius 3 is 2.92 bits per heavy atom. The van der Waals surface area contributed by atoms with Gasteiger partial charge in [0, 0.05) is 0 Å². The molecule has 0 saturated carbocycles. The van der Waals surface area contributed by atoms with Crippen LogP contribution in [0.5, 0.6) is 0 Å². The summed E-state index contributed by atoms with van der Waals surface area (Å²) in [5, 5.41) is 8.69. The van der Waals surface area contributed by atoms with Gasteiger partial charge in [-0.15, -0.1) is 0 Å². The summed E-state index contributed by atoms with van der Waals surface area (Å²) in [7, 11) is 0. The normalized spacial score (nSPS) is 25.2. The van der Waals surface area contributed by atoms with Crippen molar-refractivity contribution in [1.29, 1.82) is 0 Å². The molecule has 0 spiro atoms. The monoisotopic (exact) mass is 168 g/mol. The van der Waals surface area contributed by atoms with Crippen LogP contribution in [0.1, 0.15) is 32.6 Å². The van der Waals surface area contributed by atoms with Gasteiger partial charge in [0.05, 0.1) is 5.92 Å². The molecule has 0 aromatic heterocycles. The van der Waals surface area contributed by atoms with Crippen LogP contribution in [-0.2, 0) is 4.79 Å². The lowest BCUT2D eigenvalue weighted by molar-refractivity contribution is -0.141. The minimum atomic E-state index is -0.662. The fourth-order valence-corrected chi connectivity index (χ4v) is 1.67. The number of carboxylic acid groups (broad SMARTS) is 1. The fourth-order valence-electron chi connectivity index (χ4n) is 1.67. The molecule has 1 rings (SSSR count). The third kappa shape index (κ3) is 2.68. The SMILES string of the molecule is CC(CC1CC=CCC1)C(=O)O. The number of carbonyl (C=O) groups is 1. The molecule has 0 bridgehead atoms. The zero-order chi connectivity index (χ0) is 8.97. The van der Waals surface area contributed by atoms with Crippen molar-refractivity contribution in [3.63, 3.8) is 0 Å². The molecule has 1 aliphatic carbocycles. The highest BCUT2D eigenvalue weighted by Gasteiger charge is 2.18. The van der Waals surface area contributed by atoms with Gasteiger partial charge in [0.1, 0.15) is 0 Å². The summed E-state index contributed by atoms with van der Waals surface area (Å²) >= 11 is 0. The van der Waals surface area contributed by atoms with Crippen LogP contribution in [0, 0.1) is 11.8 Å². The van der Waals surface area contributed by atoms with E-state index < -0.39 is 5.97 Å². The Morgan fingerprint density at radius 2 is 2.42 bits per heavy atom. The van der Waals surface area contributed by atoms with E-state index >= 15 is 0 Å². The van der Waals surface area contributed by atoms with Crippen LogP contribution in [0.2, 0.25) is 0 Å². The molecule has 0 aromatic rings. The van der Waals surface area contributed by atoms with Crippen LogP contribution in [0.25, 0.3) is 0 Å². The third-order valence-electron chi connectivity index (χ3n) is 2.49. The topological polar surface area (TPSA) is 37.3 Å². The molecule has 0 aliphatic heterocycles. The Labute approximate surface area is 73.3 Å². The highest BCUT2D eigenvalue weighted by molar-refractivity contribution is 5.69. The van der Waals surface area contributed by atoms with Crippen LogP contribution < -0.4 is 0 Å². The Hall–Kier alpha value is -0.790. The van der Waals surface area contributed by atoms with E-state index in [1.165, 1.54) is 0 Å². The van der Waals surface area contributed by atoms with Gasteiger partial charge >= 0.3 is 5.97 Å². The molecule has 68 valence electrons. The first-order valence-electron chi connectivity index (χ1n) is 4.58. The second-order valence-electron chi connectivity index (χ2n) is 3.63. The summed E-state index contributed by atoms with van der Waals surface area (Å²) in [5.74, 6) is -0.243. The Balaban J connectivity index is 2.30. The number of hydrogen-bond donors (Lipinski definition) is 1. The number of carboxylic acids is 1. The molecule has 2 heteroatoms. The van der Waals surface area contributed by atoms with Crippen LogP contribution in [0.15, 0.2) is 12.2 Å². The van der Waals surface area contributed by atoms with Crippen molar-refractivity contribution < 1.29 is 9.90 Å². The van der Waals surface area contributed by atoms with Crippen molar-refractivity contribution in [1.82, 2.24) is 0 Å². The first kappa shape index (κ1) is 9.30. The lowest BCUT2D eigenvalue weighted by Gasteiger charge is -2.19. The van der Waals surface area contributed by atoms with Crippen LogP contribution in [-0.4, -0.2) is 11.1 Å². The van der Waals surface area contributed by atoms with E-state index in [1.54, 1.807) is 6.92 Å². The molecular formula is C10H16O2. The molecule has 0 heterocycles. The first-order valence-corrected chi connectivity index (χ1v) is 4.58. The summed E-state index contributed by atoms with van der Waals surface area (Å²) in [6, 6.07) is 0. The zero-order valence-electron chi connectivity index (χ0n) is 7.49. The van der Waals surface area contributed by atoms with Crippen molar-refractivity contribution in [3.8, 4) is 0 Å². The fraction of sp³-hybridized carbons (Fsp3) is 0.700. The maximum atomic E-state index is 10.6. The maximum absolute atomic E-state index is 10.6. The predicted octanol–water partition coefficient (Wildman–Crippen LogP) is 2.45. The molecule has 0 aromatic carbocycles. The van der Waals surface area contributed by atoms with Crippen molar-refractivity contribution in [2.75, 3.05) is 0 Å². The average Bonchev–Trinajstić information content (AvgIpc) is 2.06. The van der Waals surface area contributed by atoms with Crippen molar-refractivity contribution >= 4 is 5.97 Å². The van der Waals surface area contributed by atoms with E-state index in [4.69, 9.17) is 5.11 Å². The van der Waals surface area contributed by atoms with Gasteiger partial charge in [0.2, 0.25) is 0 Å². The molecule has 2 unspecified atom stereocenters. The van der Waals surface area contributed by atoms with Crippen molar-refractivity contribution in [2.24, 2.45) is 11.8 Å². The lowest BCUT2D eigenvalue weighted by Crippen LogP contribution is -2.15. The Kier molecular flexibility index (Phi) is 3.32. The molecule has 0 amide bonds. The summed E-state index contributed by atoms with van der Waals surface area (Å²) in [4.78, 5) is 10.6. The van der Waals surface area contributed by atoms with Crippen LogP contribution in [0.4, 0.5) is 0 Å².